The van der Waals surface area contributed by atoms with Gasteiger partial charge in [0.2, 0.25) is 0 Å². The molecule has 26 heavy (non-hydrogen) atoms. The fourth-order valence-electron chi connectivity index (χ4n) is 2.49. The van der Waals surface area contributed by atoms with Gasteiger partial charge in [0.25, 0.3) is 0 Å². The maximum Gasteiger partial charge on any atom is 0.320 e. The molecule has 2 aromatic rings. The van der Waals surface area contributed by atoms with Crippen molar-refractivity contribution < 1.29 is 14.3 Å². The van der Waals surface area contributed by atoms with Crippen LogP contribution < -0.4 is 4.74 Å². The highest BCUT2D eigenvalue weighted by molar-refractivity contribution is 9.10. The Hall–Kier alpha value is -1.56. The lowest BCUT2D eigenvalue weighted by molar-refractivity contribution is -0.144. The van der Waals surface area contributed by atoms with Gasteiger partial charge in [-0.2, -0.15) is 0 Å². The van der Waals surface area contributed by atoms with Crippen molar-refractivity contribution >= 4 is 33.5 Å². The van der Waals surface area contributed by atoms with E-state index in [1.807, 2.05) is 60.5 Å². The van der Waals surface area contributed by atoms with E-state index in [9.17, 15) is 4.79 Å². The molecule has 0 aliphatic carbocycles. The van der Waals surface area contributed by atoms with Gasteiger partial charge in [-0.25, -0.2) is 0 Å². The van der Waals surface area contributed by atoms with Crippen LogP contribution in [0.25, 0.3) is 0 Å². The Morgan fingerprint density at radius 2 is 1.81 bits per heavy atom. The highest BCUT2D eigenvalue weighted by Gasteiger charge is 2.16. The number of nitrogens with zero attached hydrogens (tertiary/aromatic N) is 1. The van der Waals surface area contributed by atoms with Gasteiger partial charge in [-0.15, -0.1) is 0 Å². The van der Waals surface area contributed by atoms with E-state index in [-0.39, 0.29) is 18.6 Å². The lowest BCUT2D eigenvalue weighted by atomic mass is 10.1. The molecule has 0 fully saturated rings. The molecule has 2 aromatic carbocycles. The molecule has 0 N–H and O–H groups in total. The third-order valence-corrected chi connectivity index (χ3v) is 4.59. The lowest BCUT2D eigenvalue weighted by Gasteiger charge is -2.23. The number of likely N-dealkylation sites (N-methyl/N-ethyl adjacent to an activating group) is 1. The van der Waals surface area contributed by atoms with Crippen LogP contribution in [0.4, 0.5) is 0 Å². The quantitative estimate of drug-likeness (QED) is 0.508. The normalized spacial score (nSPS) is 12.0. The monoisotopic (exact) mass is 439 g/mol. The first-order chi connectivity index (χ1) is 12.5. The van der Waals surface area contributed by atoms with E-state index in [0.29, 0.717) is 18.2 Å². The Bertz CT molecular complexity index is 691. The molecule has 0 radical (unpaired) electrons. The summed E-state index contributed by atoms with van der Waals surface area (Å²) in [6, 6.07) is 15.4. The van der Waals surface area contributed by atoms with Crippen LogP contribution in [0.5, 0.6) is 5.75 Å². The topological polar surface area (TPSA) is 38.8 Å². The lowest BCUT2D eigenvalue weighted by Crippen LogP contribution is -2.29. The first kappa shape index (κ1) is 20.7. The van der Waals surface area contributed by atoms with Crippen molar-refractivity contribution in [1.29, 1.82) is 0 Å². The number of carbonyl (C=O) groups excluding carboxylic acids is 1. The van der Waals surface area contributed by atoms with E-state index in [1.165, 1.54) is 0 Å². The molecular weight excluding hydrogens is 418 g/mol. The van der Waals surface area contributed by atoms with Crippen molar-refractivity contribution in [2.24, 2.45) is 0 Å². The second-order valence-corrected chi connectivity index (χ2v) is 7.30. The molecule has 1 atom stereocenters. The van der Waals surface area contributed by atoms with Crippen LogP contribution >= 0.6 is 27.5 Å². The number of halogens is 2. The number of ether oxygens (including phenoxy) is 2. The largest absolute Gasteiger partial charge is 0.486 e. The van der Waals surface area contributed by atoms with Crippen molar-refractivity contribution in [3.05, 3.63) is 63.6 Å². The van der Waals surface area contributed by atoms with Crippen LogP contribution in [-0.4, -0.2) is 37.6 Å². The predicted molar refractivity (Wildman–Crippen MR) is 108 cm³/mol. The minimum Gasteiger partial charge on any atom is -0.486 e. The number of esters is 1. The Morgan fingerprint density at radius 1 is 1.15 bits per heavy atom. The second-order valence-electron chi connectivity index (χ2n) is 5.94. The van der Waals surface area contributed by atoms with E-state index in [4.69, 9.17) is 21.1 Å². The van der Waals surface area contributed by atoms with Gasteiger partial charge in [-0.05, 0) is 55.9 Å². The fraction of sp³-hybridized carbons (Fsp3) is 0.350. The van der Waals surface area contributed by atoms with E-state index in [2.05, 4.69) is 15.9 Å². The smallest absolute Gasteiger partial charge is 0.320 e. The molecule has 0 saturated heterocycles. The van der Waals surface area contributed by atoms with Gasteiger partial charge in [-0.1, -0.05) is 39.7 Å². The number of hydrogen-bond acceptors (Lipinski definition) is 4. The molecule has 0 aromatic heterocycles. The predicted octanol–water partition coefficient (Wildman–Crippen LogP) is 5.11. The van der Waals surface area contributed by atoms with E-state index in [1.54, 1.807) is 6.92 Å². The summed E-state index contributed by atoms with van der Waals surface area (Å²) < 4.78 is 12.2. The molecule has 2 rings (SSSR count). The minimum absolute atomic E-state index is 0.131. The van der Waals surface area contributed by atoms with Crippen LogP contribution in [0.1, 0.15) is 25.0 Å². The van der Waals surface area contributed by atoms with Crippen LogP contribution in [0.3, 0.4) is 0 Å². The molecule has 4 nitrogen and oxygen atoms in total. The summed E-state index contributed by atoms with van der Waals surface area (Å²) in [6.07, 6.45) is 0.606. The van der Waals surface area contributed by atoms with Crippen LogP contribution in [0, 0.1) is 0 Å². The molecule has 6 heteroatoms. The highest BCUT2D eigenvalue weighted by atomic mass is 79.9. The van der Waals surface area contributed by atoms with Gasteiger partial charge in [-0.3, -0.25) is 9.69 Å². The first-order valence-electron chi connectivity index (χ1n) is 8.49. The van der Waals surface area contributed by atoms with E-state index >= 15 is 0 Å². The SMILES string of the molecule is CCOC(=O)CN(C)CCC(Oc1ccc(Cl)cc1)c1ccc(Br)cc1. The molecule has 0 heterocycles. The van der Waals surface area contributed by atoms with Gasteiger partial charge in [0, 0.05) is 22.5 Å². The standard InChI is InChI=1S/C20H23BrClNO3/c1-3-25-20(24)14-23(2)13-12-19(15-4-6-16(21)7-5-15)26-18-10-8-17(22)9-11-18/h4-11,19H,3,12-14H2,1-2H3. The molecule has 0 bridgehead atoms. The second kappa shape index (κ2) is 10.6. The Morgan fingerprint density at radius 3 is 2.42 bits per heavy atom. The van der Waals surface area contributed by atoms with Crippen molar-refractivity contribution in [3.8, 4) is 5.75 Å². The van der Waals surface area contributed by atoms with E-state index in [0.717, 1.165) is 22.2 Å². The van der Waals surface area contributed by atoms with Crippen molar-refractivity contribution in [2.45, 2.75) is 19.4 Å². The molecule has 0 aliphatic rings. The van der Waals surface area contributed by atoms with Gasteiger partial charge in [0.05, 0.1) is 13.2 Å². The molecule has 0 amide bonds. The summed E-state index contributed by atoms with van der Waals surface area (Å²) in [5.74, 6) is 0.546. The number of hydrogen-bond donors (Lipinski definition) is 0. The van der Waals surface area contributed by atoms with Gasteiger partial charge < -0.3 is 9.47 Å². The summed E-state index contributed by atoms with van der Waals surface area (Å²) >= 11 is 9.41. The number of benzene rings is 2. The number of carbonyl (C=O) groups is 1. The third kappa shape index (κ3) is 6.98. The summed E-state index contributed by atoms with van der Waals surface area (Å²) in [4.78, 5) is 13.6. The molecule has 0 saturated carbocycles. The van der Waals surface area contributed by atoms with Crippen molar-refractivity contribution in [3.63, 3.8) is 0 Å². The summed E-state index contributed by atoms with van der Waals surface area (Å²) in [7, 11) is 1.90. The Kier molecular flexibility index (Phi) is 8.42. The zero-order chi connectivity index (χ0) is 18.9. The molecular formula is C20H23BrClNO3. The van der Waals surface area contributed by atoms with Gasteiger partial charge in [0.1, 0.15) is 11.9 Å². The first-order valence-corrected chi connectivity index (χ1v) is 9.67. The highest BCUT2D eigenvalue weighted by Crippen LogP contribution is 2.27. The van der Waals surface area contributed by atoms with E-state index < -0.39 is 0 Å². The van der Waals surface area contributed by atoms with Crippen molar-refractivity contribution in [2.75, 3.05) is 26.7 Å². The molecule has 140 valence electrons. The number of rotatable bonds is 9. The van der Waals surface area contributed by atoms with Crippen LogP contribution in [0.15, 0.2) is 53.0 Å². The van der Waals surface area contributed by atoms with Gasteiger partial charge in [0.15, 0.2) is 0 Å². The maximum absolute atomic E-state index is 11.6. The van der Waals surface area contributed by atoms with Gasteiger partial charge >= 0.3 is 5.97 Å². The Balaban J connectivity index is 2.04. The average Bonchev–Trinajstić information content (AvgIpc) is 2.61. The molecule has 0 aliphatic heterocycles. The van der Waals surface area contributed by atoms with Crippen LogP contribution in [0.2, 0.25) is 5.02 Å². The summed E-state index contributed by atoms with van der Waals surface area (Å²) in [6.45, 7) is 3.17. The summed E-state index contributed by atoms with van der Waals surface area (Å²) in [5, 5.41) is 0.673. The summed E-state index contributed by atoms with van der Waals surface area (Å²) in [5.41, 5.74) is 1.08. The fourth-order valence-corrected chi connectivity index (χ4v) is 2.88. The van der Waals surface area contributed by atoms with Crippen molar-refractivity contribution in [1.82, 2.24) is 4.90 Å². The minimum atomic E-state index is -0.214. The zero-order valence-electron chi connectivity index (χ0n) is 15.0. The average molecular weight is 441 g/mol. The molecule has 1 unspecified atom stereocenters. The Labute approximate surface area is 168 Å². The zero-order valence-corrected chi connectivity index (χ0v) is 17.3. The third-order valence-electron chi connectivity index (χ3n) is 3.81. The van der Waals surface area contributed by atoms with Crippen LogP contribution in [-0.2, 0) is 9.53 Å². The maximum atomic E-state index is 11.6. The molecule has 0 spiro atoms.